The molecular weight excluding hydrogens is 318 g/mol. The Labute approximate surface area is 156 Å². The molecule has 3 aromatic carbocycles. The second-order valence-electron chi connectivity index (χ2n) is 7.64. The lowest BCUT2D eigenvalue weighted by atomic mass is 9.84. The van der Waals surface area contributed by atoms with Crippen LogP contribution in [0, 0.1) is 0 Å². The normalized spacial score (nSPS) is 12.6. The fourth-order valence-electron chi connectivity index (χ4n) is 3.07. The third-order valence-corrected chi connectivity index (χ3v) is 4.68. The Balaban J connectivity index is 1.78. The summed E-state index contributed by atoms with van der Waals surface area (Å²) in [5, 5.41) is 0. The minimum absolute atomic E-state index is 0.160. The number of rotatable bonds is 5. The molecule has 0 bridgehead atoms. The topological polar surface area (TPSA) is 35.2 Å². The average molecular weight is 345 g/mol. The number of hydrogen-bond acceptors (Lipinski definition) is 2. The average Bonchev–Trinajstić information content (AvgIpc) is 2.64. The summed E-state index contributed by atoms with van der Waals surface area (Å²) < 4.78 is 5.87. The zero-order chi connectivity index (χ0) is 18.6. The van der Waals surface area contributed by atoms with Gasteiger partial charge in [0.2, 0.25) is 0 Å². The third-order valence-electron chi connectivity index (χ3n) is 4.68. The highest BCUT2D eigenvalue weighted by Gasteiger charge is 2.16. The van der Waals surface area contributed by atoms with Crippen molar-refractivity contribution in [3.8, 4) is 11.5 Å². The molecule has 0 aliphatic carbocycles. The molecule has 2 nitrogen and oxygen atoms in total. The zero-order valence-corrected chi connectivity index (χ0v) is 15.8. The van der Waals surface area contributed by atoms with Crippen LogP contribution in [-0.2, 0) is 5.41 Å². The maximum atomic E-state index is 6.09. The van der Waals surface area contributed by atoms with Crippen LogP contribution in [0.2, 0.25) is 0 Å². The summed E-state index contributed by atoms with van der Waals surface area (Å²) in [6, 6.07) is 26.9. The molecule has 1 atom stereocenters. The molecule has 0 aliphatic rings. The first-order chi connectivity index (χ1) is 12.5. The Hall–Kier alpha value is -2.58. The van der Waals surface area contributed by atoms with Gasteiger partial charge in [-0.1, -0.05) is 75.4 Å². The van der Waals surface area contributed by atoms with Crippen LogP contribution < -0.4 is 10.5 Å². The van der Waals surface area contributed by atoms with Crippen LogP contribution in [0.15, 0.2) is 78.9 Å². The molecule has 2 N–H and O–H groups in total. The monoisotopic (exact) mass is 345 g/mol. The largest absolute Gasteiger partial charge is 0.457 e. The van der Waals surface area contributed by atoms with E-state index < -0.39 is 0 Å². The summed E-state index contributed by atoms with van der Waals surface area (Å²) in [5.41, 5.74) is 10.0. The predicted octanol–water partition coefficient (Wildman–Crippen LogP) is 5.87. The Morgan fingerprint density at radius 1 is 0.731 bits per heavy atom. The van der Waals surface area contributed by atoms with E-state index in [0.717, 1.165) is 11.5 Å². The summed E-state index contributed by atoms with van der Waals surface area (Å²) in [4.78, 5) is 0. The van der Waals surface area contributed by atoms with E-state index in [-0.39, 0.29) is 11.3 Å². The van der Waals surface area contributed by atoms with E-state index in [0.29, 0.717) is 6.54 Å². The molecule has 0 radical (unpaired) electrons. The third kappa shape index (κ3) is 4.33. The van der Waals surface area contributed by atoms with Crippen LogP contribution in [0.1, 0.15) is 43.4 Å². The van der Waals surface area contributed by atoms with Gasteiger partial charge in [0.25, 0.3) is 0 Å². The minimum Gasteiger partial charge on any atom is -0.457 e. The molecule has 0 aromatic heterocycles. The quantitative estimate of drug-likeness (QED) is 0.628. The molecule has 0 amide bonds. The van der Waals surface area contributed by atoms with Gasteiger partial charge in [0.1, 0.15) is 11.5 Å². The molecular formula is C24H27NO. The van der Waals surface area contributed by atoms with Gasteiger partial charge in [-0.15, -0.1) is 0 Å². The Morgan fingerprint density at radius 2 is 1.23 bits per heavy atom. The number of benzene rings is 3. The Bertz CT molecular complexity index is 815. The van der Waals surface area contributed by atoms with Gasteiger partial charge in [0, 0.05) is 12.5 Å². The first-order valence-electron chi connectivity index (χ1n) is 9.11. The Kier molecular flexibility index (Phi) is 5.43. The lowest BCUT2D eigenvalue weighted by molar-refractivity contribution is 0.482. The molecule has 0 spiro atoms. The van der Waals surface area contributed by atoms with Crippen molar-refractivity contribution in [2.24, 2.45) is 5.73 Å². The molecule has 0 aliphatic heterocycles. The fraction of sp³-hybridized carbons (Fsp3) is 0.250. The molecule has 134 valence electrons. The van der Waals surface area contributed by atoms with Crippen LogP contribution >= 0.6 is 0 Å². The van der Waals surface area contributed by atoms with Gasteiger partial charge in [0.15, 0.2) is 0 Å². The number of para-hydroxylation sites is 1. The highest BCUT2D eigenvalue weighted by Crippen LogP contribution is 2.29. The van der Waals surface area contributed by atoms with E-state index in [9.17, 15) is 0 Å². The van der Waals surface area contributed by atoms with Gasteiger partial charge in [-0.3, -0.25) is 0 Å². The summed E-state index contributed by atoms with van der Waals surface area (Å²) in [7, 11) is 0. The lowest BCUT2D eigenvalue weighted by Gasteiger charge is -2.21. The van der Waals surface area contributed by atoms with Crippen LogP contribution in [0.5, 0.6) is 11.5 Å². The smallest absolute Gasteiger partial charge is 0.127 e. The summed E-state index contributed by atoms with van der Waals surface area (Å²) >= 11 is 0. The molecule has 0 saturated carbocycles. The highest BCUT2D eigenvalue weighted by molar-refractivity contribution is 5.39. The highest BCUT2D eigenvalue weighted by atomic mass is 16.5. The van der Waals surface area contributed by atoms with Crippen molar-refractivity contribution in [3.05, 3.63) is 95.6 Å². The van der Waals surface area contributed by atoms with E-state index >= 15 is 0 Å². The van der Waals surface area contributed by atoms with Crippen LogP contribution in [0.3, 0.4) is 0 Å². The molecule has 1 unspecified atom stereocenters. The predicted molar refractivity (Wildman–Crippen MR) is 109 cm³/mol. The SMILES string of the molecule is CC(C)(C)c1ccc(C(CN)c2ccc(Oc3ccccc3)cc2)cc1. The summed E-state index contributed by atoms with van der Waals surface area (Å²) in [6.07, 6.45) is 0. The fourth-order valence-corrected chi connectivity index (χ4v) is 3.07. The number of nitrogens with two attached hydrogens (primary N) is 1. The molecule has 0 fully saturated rings. The first kappa shape index (κ1) is 18.2. The maximum absolute atomic E-state index is 6.09. The van der Waals surface area contributed by atoms with E-state index in [1.165, 1.54) is 16.7 Å². The minimum atomic E-state index is 0.160. The van der Waals surface area contributed by atoms with Crippen molar-refractivity contribution in [3.63, 3.8) is 0 Å². The van der Waals surface area contributed by atoms with E-state index in [2.05, 4.69) is 57.2 Å². The zero-order valence-electron chi connectivity index (χ0n) is 15.8. The first-order valence-corrected chi connectivity index (χ1v) is 9.11. The molecule has 3 rings (SSSR count). The van der Waals surface area contributed by atoms with Gasteiger partial charge in [-0.05, 0) is 46.4 Å². The van der Waals surface area contributed by atoms with Gasteiger partial charge in [-0.25, -0.2) is 0 Å². The van der Waals surface area contributed by atoms with Crippen molar-refractivity contribution in [1.82, 2.24) is 0 Å². The van der Waals surface area contributed by atoms with Crippen LogP contribution in [-0.4, -0.2) is 6.54 Å². The molecule has 3 aromatic rings. The van der Waals surface area contributed by atoms with Crippen LogP contribution in [0.25, 0.3) is 0 Å². The Morgan fingerprint density at radius 3 is 1.73 bits per heavy atom. The second kappa shape index (κ2) is 7.76. The van der Waals surface area contributed by atoms with Gasteiger partial charge in [0.05, 0.1) is 0 Å². The molecule has 0 heterocycles. The maximum Gasteiger partial charge on any atom is 0.127 e. The van der Waals surface area contributed by atoms with Crippen molar-refractivity contribution in [1.29, 1.82) is 0 Å². The molecule has 0 saturated heterocycles. The number of hydrogen-bond donors (Lipinski definition) is 1. The summed E-state index contributed by atoms with van der Waals surface area (Å²) in [6.45, 7) is 7.27. The van der Waals surface area contributed by atoms with E-state index in [1.54, 1.807) is 0 Å². The van der Waals surface area contributed by atoms with E-state index in [4.69, 9.17) is 10.5 Å². The molecule has 2 heteroatoms. The van der Waals surface area contributed by atoms with Crippen LogP contribution in [0.4, 0.5) is 0 Å². The van der Waals surface area contributed by atoms with Crippen molar-refractivity contribution in [2.45, 2.75) is 32.1 Å². The summed E-state index contributed by atoms with van der Waals surface area (Å²) in [5.74, 6) is 1.86. The van der Waals surface area contributed by atoms with Crippen molar-refractivity contribution in [2.75, 3.05) is 6.54 Å². The van der Waals surface area contributed by atoms with Gasteiger partial charge < -0.3 is 10.5 Å². The van der Waals surface area contributed by atoms with Crippen molar-refractivity contribution < 1.29 is 4.74 Å². The second-order valence-corrected chi connectivity index (χ2v) is 7.64. The van der Waals surface area contributed by atoms with Gasteiger partial charge >= 0.3 is 0 Å². The lowest BCUT2D eigenvalue weighted by Crippen LogP contribution is -2.15. The van der Waals surface area contributed by atoms with Crippen molar-refractivity contribution >= 4 is 0 Å². The molecule has 26 heavy (non-hydrogen) atoms. The standard InChI is InChI=1S/C24H27NO/c1-24(2,3)20-13-9-18(10-14-20)23(17-25)19-11-15-22(16-12-19)26-21-7-5-4-6-8-21/h4-16,23H,17,25H2,1-3H3. The van der Waals surface area contributed by atoms with Gasteiger partial charge in [-0.2, -0.15) is 0 Å². The number of ether oxygens (including phenoxy) is 1. The van der Waals surface area contributed by atoms with E-state index in [1.807, 2.05) is 42.5 Å².